The summed E-state index contributed by atoms with van der Waals surface area (Å²) in [5, 5.41) is 12.9. The Balaban J connectivity index is 1.87. The van der Waals surface area contributed by atoms with Crippen molar-refractivity contribution in [1.82, 2.24) is 5.32 Å². The minimum absolute atomic E-state index is 0.424. The van der Waals surface area contributed by atoms with Crippen LogP contribution in [0.4, 0.5) is 5.69 Å². The molecule has 0 amide bonds. The number of anilines is 1. The Morgan fingerprint density at radius 1 is 1.30 bits per heavy atom. The van der Waals surface area contributed by atoms with Crippen molar-refractivity contribution < 1.29 is 0 Å². The summed E-state index contributed by atoms with van der Waals surface area (Å²) >= 11 is 0. The van der Waals surface area contributed by atoms with Crippen LogP contribution in [0.15, 0.2) is 18.2 Å². The molecule has 1 N–H and O–H groups in total. The molecule has 2 fully saturated rings. The summed E-state index contributed by atoms with van der Waals surface area (Å²) in [5.41, 5.74) is 3.61. The molecule has 20 heavy (non-hydrogen) atoms. The van der Waals surface area contributed by atoms with E-state index in [1.165, 1.54) is 31.2 Å². The van der Waals surface area contributed by atoms with E-state index < -0.39 is 0 Å². The second-order valence-corrected chi connectivity index (χ2v) is 6.44. The lowest BCUT2D eigenvalue weighted by Crippen LogP contribution is -2.51. The van der Waals surface area contributed by atoms with Crippen molar-refractivity contribution in [1.29, 1.82) is 5.26 Å². The lowest BCUT2D eigenvalue weighted by molar-refractivity contribution is 0.173. The van der Waals surface area contributed by atoms with Gasteiger partial charge in [0.15, 0.2) is 0 Å². The van der Waals surface area contributed by atoms with Gasteiger partial charge in [0, 0.05) is 25.0 Å². The predicted molar refractivity (Wildman–Crippen MR) is 81.9 cm³/mol. The molecule has 0 radical (unpaired) electrons. The molecule has 2 aliphatic rings. The number of nitrogens with zero attached hydrogens (tertiary/aromatic N) is 2. The topological polar surface area (TPSA) is 39.1 Å². The van der Waals surface area contributed by atoms with Crippen LogP contribution < -0.4 is 10.2 Å². The summed E-state index contributed by atoms with van der Waals surface area (Å²) in [6.45, 7) is 6.58. The monoisotopic (exact) mass is 269 g/mol. The number of piperidine rings is 2. The Morgan fingerprint density at radius 2 is 2.15 bits per heavy atom. The van der Waals surface area contributed by atoms with Crippen molar-refractivity contribution in [2.75, 3.05) is 31.1 Å². The highest BCUT2D eigenvalue weighted by Crippen LogP contribution is 2.38. The van der Waals surface area contributed by atoms with Gasteiger partial charge in [0.05, 0.1) is 11.3 Å². The molecule has 1 aromatic carbocycles. The fourth-order valence-electron chi connectivity index (χ4n) is 3.79. The van der Waals surface area contributed by atoms with E-state index in [-0.39, 0.29) is 0 Å². The van der Waals surface area contributed by atoms with Crippen molar-refractivity contribution in [2.24, 2.45) is 5.41 Å². The first-order valence-electron chi connectivity index (χ1n) is 7.69. The third kappa shape index (κ3) is 2.53. The number of rotatable bonds is 1. The normalized spacial score (nSPS) is 26.5. The smallest absolute Gasteiger partial charge is 0.101 e. The van der Waals surface area contributed by atoms with Gasteiger partial charge >= 0.3 is 0 Å². The van der Waals surface area contributed by atoms with Gasteiger partial charge in [-0.1, -0.05) is 6.07 Å². The molecule has 3 rings (SSSR count). The van der Waals surface area contributed by atoms with Crippen LogP contribution >= 0.6 is 0 Å². The molecule has 3 nitrogen and oxygen atoms in total. The average Bonchev–Trinajstić information content (AvgIpc) is 2.48. The number of nitriles is 1. The van der Waals surface area contributed by atoms with E-state index in [4.69, 9.17) is 0 Å². The number of hydrogen-bond acceptors (Lipinski definition) is 3. The molecule has 0 saturated carbocycles. The zero-order valence-electron chi connectivity index (χ0n) is 12.3. The van der Waals surface area contributed by atoms with Crippen LogP contribution in [0.25, 0.3) is 0 Å². The lowest BCUT2D eigenvalue weighted by atomic mass is 9.74. The minimum atomic E-state index is 0.424. The first-order valence-corrected chi connectivity index (χ1v) is 7.69. The van der Waals surface area contributed by atoms with Gasteiger partial charge in [0.25, 0.3) is 0 Å². The molecule has 2 saturated heterocycles. The molecule has 1 spiro atoms. The van der Waals surface area contributed by atoms with E-state index in [9.17, 15) is 5.26 Å². The van der Waals surface area contributed by atoms with Crippen molar-refractivity contribution in [3.05, 3.63) is 29.3 Å². The van der Waals surface area contributed by atoms with Crippen LogP contribution in [0.3, 0.4) is 0 Å². The molecule has 0 bridgehead atoms. The maximum atomic E-state index is 9.35. The molecule has 3 heteroatoms. The summed E-state index contributed by atoms with van der Waals surface area (Å²) in [6.07, 6.45) is 5.17. The Kier molecular flexibility index (Phi) is 3.67. The Hall–Kier alpha value is -1.53. The number of aryl methyl sites for hydroxylation is 1. The maximum Gasteiger partial charge on any atom is 0.101 e. The van der Waals surface area contributed by atoms with Gasteiger partial charge < -0.3 is 10.2 Å². The molecule has 0 aliphatic carbocycles. The first kappa shape index (κ1) is 13.5. The minimum Gasteiger partial charge on any atom is -0.370 e. The van der Waals surface area contributed by atoms with E-state index in [1.54, 1.807) is 0 Å². The van der Waals surface area contributed by atoms with Crippen molar-refractivity contribution in [2.45, 2.75) is 32.6 Å². The Labute approximate surface area is 121 Å². The van der Waals surface area contributed by atoms with Gasteiger partial charge in [0.1, 0.15) is 6.07 Å². The largest absolute Gasteiger partial charge is 0.370 e. The SMILES string of the molecule is Cc1ccc(C#N)c(N2CCCC3(CCCNC3)C2)c1. The highest BCUT2D eigenvalue weighted by molar-refractivity contribution is 5.61. The van der Waals surface area contributed by atoms with Gasteiger partial charge in [-0.25, -0.2) is 0 Å². The number of nitrogens with one attached hydrogen (secondary N) is 1. The summed E-state index contributed by atoms with van der Waals surface area (Å²) in [4.78, 5) is 2.45. The number of hydrogen-bond donors (Lipinski definition) is 1. The molecule has 0 aromatic heterocycles. The molecule has 1 aromatic rings. The first-order chi connectivity index (χ1) is 9.72. The molecule has 1 atom stereocenters. The Bertz CT molecular complexity index is 518. The second kappa shape index (κ2) is 5.46. The van der Waals surface area contributed by atoms with Crippen LogP contribution in [-0.2, 0) is 0 Å². The molecular formula is C17H23N3. The van der Waals surface area contributed by atoms with Crippen molar-refractivity contribution in [3.8, 4) is 6.07 Å². The van der Waals surface area contributed by atoms with Crippen LogP contribution in [-0.4, -0.2) is 26.2 Å². The predicted octanol–water partition coefficient (Wildman–Crippen LogP) is 2.84. The molecule has 2 heterocycles. The Morgan fingerprint density at radius 3 is 2.90 bits per heavy atom. The molecular weight excluding hydrogens is 246 g/mol. The van der Waals surface area contributed by atoms with E-state index in [0.29, 0.717) is 5.41 Å². The quantitative estimate of drug-likeness (QED) is 0.852. The summed E-state index contributed by atoms with van der Waals surface area (Å²) < 4.78 is 0. The molecule has 1 unspecified atom stereocenters. The van der Waals surface area contributed by atoms with Crippen LogP contribution in [0.2, 0.25) is 0 Å². The van der Waals surface area contributed by atoms with Gasteiger partial charge in [0.2, 0.25) is 0 Å². The maximum absolute atomic E-state index is 9.35. The average molecular weight is 269 g/mol. The van der Waals surface area contributed by atoms with Crippen LogP contribution in [0.1, 0.15) is 36.8 Å². The summed E-state index contributed by atoms with van der Waals surface area (Å²) in [7, 11) is 0. The standard InChI is InChI=1S/C17H23N3/c1-14-4-5-15(11-18)16(10-14)20-9-3-7-17(13-20)6-2-8-19-12-17/h4-5,10,19H,2-3,6-9,12-13H2,1H3. The van der Waals surface area contributed by atoms with Crippen LogP contribution in [0.5, 0.6) is 0 Å². The zero-order chi connectivity index (χ0) is 14.0. The molecule has 106 valence electrons. The van der Waals surface area contributed by atoms with Gasteiger partial charge in [-0.05, 0) is 56.8 Å². The zero-order valence-corrected chi connectivity index (χ0v) is 12.3. The van der Waals surface area contributed by atoms with E-state index in [0.717, 1.165) is 37.4 Å². The van der Waals surface area contributed by atoms with E-state index >= 15 is 0 Å². The van der Waals surface area contributed by atoms with Crippen molar-refractivity contribution in [3.63, 3.8) is 0 Å². The van der Waals surface area contributed by atoms with Gasteiger partial charge in [-0.3, -0.25) is 0 Å². The summed E-state index contributed by atoms with van der Waals surface area (Å²) in [5.74, 6) is 0. The molecule has 2 aliphatic heterocycles. The van der Waals surface area contributed by atoms with Crippen LogP contribution in [0, 0.1) is 23.7 Å². The van der Waals surface area contributed by atoms with E-state index in [1.807, 2.05) is 12.1 Å². The second-order valence-electron chi connectivity index (χ2n) is 6.44. The van der Waals surface area contributed by atoms with Gasteiger partial charge in [-0.15, -0.1) is 0 Å². The third-order valence-corrected chi connectivity index (χ3v) is 4.84. The van der Waals surface area contributed by atoms with Gasteiger partial charge in [-0.2, -0.15) is 5.26 Å². The fourth-order valence-corrected chi connectivity index (χ4v) is 3.79. The van der Waals surface area contributed by atoms with E-state index in [2.05, 4.69) is 29.3 Å². The highest BCUT2D eigenvalue weighted by atomic mass is 15.2. The van der Waals surface area contributed by atoms with Crippen molar-refractivity contribution >= 4 is 5.69 Å². The highest BCUT2D eigenvalue weighted by Gasteiger charge is 2.37. The summed E-state index contributed by atoms with van der Waals surface area (Å²) in [6, 6.07) is 8.52. The number of benzene rings is 1. The fraction of sp³-hybridized carbons (Fsp3) is 0.588. The lowest BCUT2D eigenvalue weighted by Gasteiger charge is -2.46. The third-order valence-electron chi connectivity index (χ3n) is 4.84.